The van der Waals surface area contributed by atoms with Gasteiger partial charge in [-0.05, 0) is 66.4 Å². The summed E-state index contributed by atoms with van der Waals surface area (Å²) in [7, 11) is 0. The zero-order valence-electron chi connectivity index (χ0n) is 19.1. The summed E-state index contributed by atoms with van der Waals surface area (Å²) in [5, 5.41) is 5.89. The quantitative estimate of drug-likeness (QED) is 0.569. The average Bonchev–Trinajstić information content (AvgIpc) is 2.72. The lowest BCUT2D eigenvalue weighted by molar-refractivity contribution is 0.0755. The minimum atomic E-state index is -0.276. The summed E-state index contributed by atoms with van der Waals surface area (Å²) in [6.45, 7) is 12.0. The molecule has 0 saturated carbocycles. The second kappa shape index (κ2) is 11.0. The molecule has 2 N–H and O–H groups in total. The molecule has 0 radical (unpaired) electrons. The van der Waals surface area contributed by atoms with E-state index in [2.05, 4.69) is 45.3 Å². The average molecular weight is 440 g/mol. The van der Waals surface area contributed by atoms with Crippen molar-refractivity contribution in [2.45, 2.75) is 52.9 Å². The smallest absolute Gasteiger partial charge is 0.257 e. The molecule has 0 bridgehead atoms. The molecule has 0 aliphatic carbocycles. The highest BCUT2D eigenvalue weighted by atomic mass is 32.1. The lowest BCUT2D eigenvalue weighted by atomic mass is 9.87. The predicted octanol–water partition coefficient (Wildman–Crippen LogP) is 5.37. The van der Waals surface area contributed by atoms with Gasteiger partial charge in [0.05, 0.1) is 0 Å². The van der Waals surface area contributed by atoms with E-state index in [1.54, 1.807) is 30.3 Å². The Kier molecular flexibility index (Phi) is 8.75. The maximum atomic E-state index is 12.8. The van der Waals surface area contributed by atoms with E-state index in [0.717, 1.165) is 31.5 Å². The van der Waals surface area contributed by atoms with E-state index in [0.29, 0.717) is 16.8 Å². The first-order valence-corrected chi connectivity index (χ1v) is 11.2. The van der Waals surface area contributed by atoms with Gasteiger partial charge in [-0.1, -0.05) is 52.8 Å². The number of nitrogens with zero attached hydrogens (tertiary/aromatic N) is 1. The summed E-state index contributed by atoms with van der Waals surface area (Å²) in [5.74, 6) is -0.275. The van der Waals surface area contributed by atoms with Gasteiger partial charge in [0.25, 0.3) is 11.8 Å². The number of carbonyl (C=O) groups is 2. The highest BCUT2D eigenvalue weighted by Gasteiger charge is 2.16. The number of amides is 2. The molecule has 6 heteroatoms. The van der Waals surface area contributed by atoms with Gasteiger partial charge in [0, 0.05) is 29.9 Å². The van der Waals surface area contributed by atoms with Crippen molar-refractivity contribution < 1.29 is 9.59 Å². The first-order chi connectivity index (χ1) is 14.7. The standard InChI is InChI=1S/C25H33N3O2S/c1-6-15-28(16-7-2)23(30)19-9-8-10-21(17-19)26-24(31)27-22(29)18-11-13-20(14-12-18)25(3,4)5/h8-14,17H,6-7,15-16H2,1-5H3,(H2,26,27,29,31). The van der Waals surface area contributed by atoms with E-state index in [9.17, 15) is 9.59 Å². The van der Waals surface area contributed by atoms with Gasteiger partial charge in [-0.3, -0.25) is 14.9 Å². The van der Waals surface area contributed by atoms with Crippen molar-refractivity contribution in [1.82, 2.24) is 10.2 Å². The monoisotopic (exact) mass is 439 g/mol. The van der Waals surface area contributed by atoms with Gasteiger partial charge in [-0.25, -0.2) is 0 Å². The molecule has 166 valence electrons. The SMILES string of the molecule is CCCN(CCC)C(=O)c1cccc(NC(=S)NC(=O)c2ccc(C(C)(C)C)cc2)c1. The van der Waals surface area contributed by atoms with Crippen LogP contribution in [-0.4, -0.2) is 34.9 Å². The van der Waals surface area contributed by atoms with Crippen LogP contribution in [0.2, 0.25) is 0 Å². The molecule has 0 heterocycles. The fourth-order valence-electron chi connectivity index (χ4n) is 3.23. The molecule has 0 atom stereocenters. The molecule has 2 aromatic carbocycles. The van der Waals surface area contributed by atoms with Crippen molar-refractivity contribution in [1.29, 1.82) is 0 Å². The molecule has 0 spiro atoms. The number of nitrogens with one attached hydrogen (secondary N) is 2. The van der Waals surface area contributed by atoms with Gasteiger partial charge in [-0.2, -0.15) is 0 Å². The number of carbonyl (C=O) groups excluding carboxylic acids is 2. The zero-order valence-corrected chi connectivity index (χ0v) is 19.9. The zero-order chi connectivity index (χ0) is 23.0. The first-order valence-electron chi connectivity index (χ1n) is 10.8. The molecule has 2 aromatic rings. The van der Waals surface area contributed by atoms with Gasteiger partial charge in [0.1, 0.15) is 0 Å². The summed E-state index contributed by atoms with van der Waals surface area (Å²) in [4.78, 5) is 27.2. The largest absolute Gasteiger partial charge is 0.339 e. The van der Waals surface area contributed by atoms with Crippen molar-refractivity contribution in [3.8, 4) is 0 Å². The highest BCUT2D eigenvalue weighted by molar-refractivity contribution is 7.80. The Morgan fingerprint density at radius 1 is 0.935 bits per heavy atom. The fourth-order valence-corrected chi connectivity index (χ4v) is 3.44. The summed E-state index contributed by atoms with van der Waals surface area (Å²) >= 11 is 5.30. The third-order valence-electron chi connectivity index (χ3n) is 4.88. The number of benzene rings is 2. The van der Waals surface area contributed by atoms with Crippen molar-refractivity contribution in [3.63, 3.8) is 0 Å². The second-order valence-corrected chi connectivity index (χ2v) is 9.02. The van der Waals surface area contributed by atoms with Crippen LogP contribution in [0.1, 0.15) is 73.7 Å². The number of hydrogen-bond donors (Lipinski definition) is 2. The molecule has 5 nitrogen and oxygen atoms in total. The topological polar surface area (TPSA) is 61.4 Å². The van der Waals surface area contributed by atoms with Crippen LogP contribution < -0.4 is 10.6 Å². The van der Waals surface area contributed by atoms with Crippen LogP contribution in [0.3, 0.4) is 0 Å². The van der Waals surface area contributed by atoms with E-state index in [-0.39, 0.29) is 22.3 Å². The molecule has 2 rings (SSSR count). The third kappa shape index (κ3) is 7.17. The fraction of sp³-hybridized carbons (Fsp3) is 0.400. The minimum absolute atomic E-state index is 0.00115. The maximum absolute atomic E-state index is 12.8. The summed E-state index contributed by atoms with van der Waals surface area (Å²) in [5.41, 5.74) is 2.98. The third-order valence-corrected chi connectivity index (χ3v) is 5.09. The van der Waals surface area contributed by atoms with E-state index in [4.69, 9.17) is 12.2 Å². The number of hydrogen-bond acceptors (Lipinski definition) is 3. The molecule has 0 saturated heterocycles. The van der Waals surface area contributed by atoms with Crippen LogP contribution >= 0.6 is 12.2 Å². The van der Waals surface area contributed by atoms with Crippen molar-refractivity contribution in [2.24, 2.45) is 0 Å². The molecule has 0 aliphatic heterocycles. The number of rotatable bonds is 7. The summed E-state index contributed by atoms with van der Waals surface area (Å²) in [6, 6.07) is 14.7. The summed E-state index contributed by atoms with van der Waals surface area (Å²) < 4.78 is 0. The molecule has 2 amide bonds. The van der Waals surface area contributed by atoms with Gasteiger partial charge in [-0.15, -0.1) is 0 Å². The lowest BCUT2D eigenvalue weighted by Crippen LogP contribution is -2.34. The Morgan fingerprint density at radius 2 is 1.55 bits per heavy atom. The Balaban J connectivity index is 2.03. The van der Waals surface area contributed by atoms with Crippen molar-refractivity contribution in [2.75, 3.05) is 18.4 Å². The molecule has 0 aliphatic rings. The van der Waals surface area contributed by atoms with Crippen LogP contribution in [0, 0.1) is 0 Å². The van der Waals surface area contributed by atoms with E-state index in [1.165, 1.54) is 0 Å². The lowest BCUT2D eigenvalue weighted by Gasteiger charge is -2.22. The first kappa shape index (κ1) is 24.5. The molecule has 0 fully saturated rings. The van der Waals surface area contributed by atoms with E-state index >= 15 is 0 Å². The van der Waals surface area contributed by atoms with Gasteiger partial charge in [0.2, 0.25) is 0 Å². The van der Waals surface area contributed by atoms with E-state index < -0.39 is 0 Å². The normalized spacial score (nSPS) is 11.0. The number of anilines is 1. The Hall–Kier alpha value is -2.73. The van der Waals surface area contributed by atoms with Gasteiger partial charge < -0.3 is 10.2 Å². The predicted molar refractivity (Wildman–Crippen MR) is 132 cm³/mol. The van der Waals surface area contributed by atoms with Gasteiger partial charge >= 0.3 is 0 Å². The van der Waals surface area contributed by atoms with E-state index in [1.807, 2.05) is 23.1 Å². The molecular formula is C25H33N3O2S. The second-order valence-electron chi connectivity index (χ2n) is 8.61. The van der Waals surface area contributed by atoms with Crippen molar-refractivity contribution >= 4 is 34.8 Å². The Morgan fingerprint density at radius 3 is 2.10 bits per heavy atom. The number of thiocarbonyl (C=S) groups is 1. The maximum Gasteiger partial charge on any atom is 0.257 e. The Labute approximate surface area is 191 Å². The highest BCUT2D eigenvalue weighted by Crippen LogP contribution is 2.22. The summed E-state index contributed by atoms with van der Waals surface area (Å²) in [6.07, 6.45) is 1.83. The van der Waals surface area contributed by atoms with Gasteiger partial charge in [0.15, 0.2) is 5.11 Å². The Bertz CT molecular complexity index is 911. The van der Waals surface area contributed by atoms with Crippen LogP contribution in [-0.2, 0) is 5.41 Å². The van der Waals surface area contributed by atoms with Crippen LogP contribution in [0.25, 0.3) is 0 Å². The van der Waals surface area contributed by atoms with Crippen LogP contribution in [0.15, 0.2) is 48.5 Å². The molecular weight excluding hydrogens is 406 g/mol. The van der Waals surface area contributed by atoms with Crippen molar-refractivity contribution in [3.05, 3.63) is 65.2 Å². The molecule has 31 heavy (non-hydrogen) atoms. The molecule has 0 aromatic heterocycles. The minimum Gasteiger partial charge on any atom is -0.339 e. The van der Waals surface area contributed by atoms with Crippen LogP contribution in [0.5, 0.6) is 0 Å². The molecule has 0 unspecified atom stereocenters. The van der Waals surface area contributed by atoms with Crippen LogP contribution in [0.4, 0.5) is 5.69 Å².